The molecule has 0 saturated heterocycles. The Morgan fingerprint density at radius 2 is 1.23 bits per heavy atom. The van der Waals surface area contributed by atoms with Crippen LogP contribution >= 0.6 is 12.6 Å². The zero-order valence-corrected chi connectivity index (χ0v) is 19.1. The smallest absolute Gasteiger partial charge is 0.326 e. The Morgan fingerprint density at radius 3 is 1.71 bits per heavy atom. The van der Waals surface area contributed by atoms with Gasteiger partial charge < -0.3 is 42.1 Å². The van der Waals surface area contributed by atoms with Gasteiger partial charge in [-0.15, -0.1) is 0 Å². The van der Waals surface area contributed by atoms with Crippen LogP contribution in [0.25, 0.3) is 0 Å². The number of carboxylic acid groups (broad SMARTS) is 3. The van der Waals surface area contributed by atoms with Crippen molar-refractivity contribution in [3.8, 4) is 5.75 Å². The van der Waals surface area contributed by atoms with Crippen molar-refractivity contribution in [2.24, 2.45) is 5.73 Å². The number of carboxylic acids is 3. The number of aromatic hydroxyl groups is 1. The molecule has 4 atom stereocenters. The molecule has 0 spiro atoms. The Labute approximate surface area is 204 Å². The van der Waals surface area contributed by atoms with Gasteiger partial charge in [0, 0.05) is 5.75 Å². The molecule has 0 aliphatic heterocycles. The van der Waals surface area contributed by atoms with Gasteiger partial charge in [-0.1, -0.05) is 12.1 Å². The van der Waals surface area contributed by atoms with E-state index in [1.54, 1.807) is 12.1 Å². The van der Waals surface area contributed by atoms with E-state index in [-0.39, 0.29) is 17.9 Å². The van der Waals surface area contributed by atoms with E-state index in [0.717, 1.165) is 0 Å². The van der Waals surface area contributed by atoms with Gasteiger partial charge in [0.05, 0.1) is 18.9 Å². The second-order valence-electron chi connectivity index (χ2n) is 7.38. The lowest BCUT2D eigenvalue weighted by Gasteiger charge is -2.23. The van der Waals surface area contributed by atoms with Crippen LogP contribution in [0.3, 0.4) is 0 Å². The van der Waals surface area contributed by atoms with E-state index < -0.39 is 72.6 Å². The molecule has 15 heteroatoms. The van der Waals surface area contributed by atoms with Crippen LogP contribution in [0.4, 0.5) is 0 Å². The molecule has 35 heavy (non-hydrogen) atoms. The number of carbonyl (C=O) groups excluding carboxylic acids is 3. The molecule has 0 heterocycles. The molecule has 0 bridgehead atoms. The van der Waals surface area contributed by atoms with Crippen LogP contribution in [0.5, 0.6) is 5.75 Å². The number of benzene rings is 1. The second kappa shape index (κ2) is 13.8. The minimum Gasteiger partial charge on any atom is -0.508 e. The lowest BCUT2D eigenvalue weighted by molar-refractivity contribution is -0.148. The number of nitrogens with two attached hydrogens (primary N) is 1. The lowest BCUT2D eigenvalue weighted by atomic mass is 10.1. The van der Waals surface area contributed by atoms with Crippen LogP contribution in [-0.2, 0) is 35.2 Å². The molecule has 0 aromatic heterocycles. The Hall–Kier alpha value is -3.85. The maximum Gasteiger partial charge on any atom is 0.326 e. The van der Waals surface area contributed by atoms with Gasteiger partial charge in [-0.05, 0) is 24.1 Å². The molecule has 0 aliphatic rings. The zero-order valence-electron chi connectivity index (χ0n) is 18.2. The van der Waals surface area contributed by atoms with Gasteiger partial charge in [-0.25, -0.2) is 4.79 Å². The summed E-state index contributed by atoms with van der Waals surface area (Å²) >= 11 is 3.97. The number of phenols is 1. The molecule has 1 aromatic rings. The van der Waals surface area contributed by atoms with E-state index in [2.05, 4.69) is 23.3 Å². The molecule has 1 rings (SSSR count). The molecular formula is C20H26N4O10S. The summed E-state index contributed by atoms with van der Waals surface area (Å²) in [6.07, 6.45) is -1.87. The number of hydrogen-bond acceptors (Lipinski definition) is 9. The Bertz CT molecular complexity index is 956. The van der Waals surface area contributed by atoms with Crippen molar-refractivity contribution in [2.45, 2.75) is 43.4 Å². The maximum absolute atomic E-state index is 12.6. The van der Waals surface area contributed by atoms with Gasteiger partial charge in [0.15, 0.2) is 0 Å². The Balaban J connectivity index is 2.85. The summed E-state index contributed by atoms with van der Waals surface area (Å²) in [5.74, 6) is -7.96. The first-order chi connectivity index (χ1) is 16.3. The third kappa shape index (κ3) is 10.3. The molecule has 0 aliphatic carbocycles. The molecule has 14 nitrogen and oxygen atoms in total. The first-order valence-corrected chi connectivity index (χ1v) is 10.7. The first kappa shape index (κ1) is 29.2. The molecule has 0 fully saturated rings. The summed E-state index contributed by atoms with van der Waals surface area (Å²) in [6.45, 7) is 0. The van der Waals surface area contributed by atoms with Crippen LogP contribution < -0.4 is 21.7 Å². The normalized spacial score (nSPS) is 14.0. The number of amides is 3. The van der Waals surface area contributed by atoms with E-state index in [1.165, 1.54) is 12.1 Å². The standard InChI is InChI=1S/C20H26N4O10S/c21-11(5-9-1-3-10(25)4-2-9)17(30)24-14(8-35)19(32)22-12(6-15(26)27)18(31)23-13(20(33)34)7-16(28)29/h1-4,11-14,25,35H,5-8,21H2,(H,22,32)(H,23,31)(H,24,30)(H,26,27)(H,28,29)(H,33,34). The third-order valence-corrected chi connectivity index (χ3v) is 4.91. The van der Waals surface area contributed by atoms with Gasteiger partial charge in [0.25, 0.3) is 0 Å². The predicted octanol–water partition coefficient (Wildman–Crippen LogP) is -2.32. The van der Waals surface area contributed by atoms with Gasteiger partial charge in [0.2, 0.25) is 17.7 Å². The molecule has 9 N–H and O–H groups in total. The van der Waals surface area contributed by atoms with Gasteiger partial charge >= 0.3 is 17.9 Å². The highest BCUT2D eigenvalue weighted by molar-refractivity contribution is 7.80. The largest absolute Gasteiger partial charge is 0.508 e. The van der Waals surface area contributed by atoms with Crippen molar-refractivity contribution in [3.05, 3.63) is 29.8 Å². The number of rotatable bonds is 14. The molecule has 1 aromatic carbocycles. The average Bonchev–Trinajstić information content (AvgIpc) is 2.76. The fourth-order valence-electron chi connectivity index (χ4n) is 2.75. The van der Waals surface area contributed by atoms with Crippen LogP contribution in [0, 0.1) is 0 Å². The molecule has 0 radical (unpaired) electrons. The molecule has 3 amide bonds. The summed E-state index contributed by atoms with van der Waals surface area (Å²) in [7, 11) is 0. The van der Waals surface area contributed by atoms with E-state index in [9.17, 15) is 33.9 Å². The molecule has 192 valence electrons. The topological polar surface area (TPSA) is 245 Å². The lowest BCUT2D eigenvalue weighted by Crippen LogP contribution is -2.58. The highest BCUT2D eigenvalue weighted by Crippen LogP contribution is 2.11. The zero-order chi connectivity index (χ0) is 26.7. The van der Waals surface area contributed by atoms with E-state index in [0.29, 0.717) is 5.56 Å². The Morgan fingerprint density at radius 1 is 0.771 bits per heavy atom. The fraction of sp³-hybridized carbons (Fsp3) is 0.400. The summed E-state index contributed by atoms with van der Waals surface area (Å²) < 4.78 is 0. The summed E-state index contributed by atoms with van der Waals surface area (Å²) in [4.78, 5) is 70.5. The molecule has 0 saturated carbocycles. The summed E-state index contributed by atoms with van der Waals surface area (Å²) in [6, 6.07) is -0.168. The molecule has 4 unspecified atom stereocenters. The van der Waals surface area contributed by atoms with Crippen molar-refractivity contribution in [1.29, 1.82) is 0 Å². The van der Waals surface area contributed by atoms with Gasteiger partial charge in [-0.2, -0.15) is 12.6 Å². The average molecular weight is 515 g/mol. The van der Waals surface area contributed by atoms with E-state index in [4.69, 9.17) is 21.1 Å². The third-order valence-electron chi connectivity index (χ3n) is 4.55. The van der Waals surface area contributed by atoms with Crippen LogP contribution in [0.2, 0.25) is 0 Å². The van der Waals surface area contributed by atoms with E-state index >= 15 is 0 Å². The minimum absolute atomic E-state index is 0.0242. The summed E-state index contributed by atoms with van der Waals surface area (Å²) in [5.41, 5.74) is 6.48. The first-order valence-electron chi connectivity index (χ1n) is 10.1. The fourth-order valence-corrected chi connectivity index (χ4v) is 3.01. The number of hydrogen-bond donors (Lipinski definition) is 9. The van der Waals surface area contributed by atoms with E-state index in [1.807, 2.05) is 5.32 Å². The van der Waals surface area contributed by atoms with Crippen LogP contribution in [-0.4, -0.2) is 86.0 Å². The highest BCUT2D eigenvalue weighted by Gasteiger charge is 2.32. The SMILES string of the molecule is NC(Cc1ccc(O)cc1)C(=O)NC(CS)C(=O)NC(CC(=O)O)C(=O)NC(CC(=O)O)C(=O)O. The number of thiol groups is 1. The summed E-state index contributed by atoms with van der Waals surface area (Å²) in [5, 5.41) is 42.5. The van der Waals surface area contributed by atoms with Crippen molar-refractivity contribution >= 4 is 48.3 Å². The highest BCUT2D eigenvalue weighted by atomic mass is 32.1. The second-order valence-corrected chi connectivity index (χ2v) is 7.74. The van der Waals surface area contributed by atoms with Crippen LogP contribution in [0.15, 0.2) is 24.3 Å². The monoisotopic (exact) mass is 514 g/mol. The minimum atomic E-state index is -1.87. The van der Waals surface area contributed by atoms with Gasteiger partial charge in [0.1, 0.15) is 23.9 Å². The van der Waals surface area contributed by atoms with Crippen molar-refractivity contribution in [1.82, 2.24) is 16.0 Å². The van der Waals surface area contributed by atoms with Crippen molar-refractivity contribution in [2.75, 3.05) is 5.75 Å². The maximum atomic E-state index is 12.6. The Kier molecular flexibility index (Phi) is 11.5. The number of nitrogens with one attached hydrogen (secondary N) is 3. The number of phenolic OH excluding ortho intramolecular Hbond substituents is 1. The quantitative estimate of drug-likeness (QED) is 0.119. The van der Waals surface area contributed by atoms with Crippen molar-refractivity contribution < 1.29 is 49.2 Å². The molecular weight excluding hydrogens is 488 g/mol. The van der Waals surface area contributed by atoms with Gasteiger partial charge in [-0.3, -0.25) is 24.0 Å². The number of aliphatic carboxylic acids is 3. The van der Waals surface area contributed by atoms with Crippen LogP contribution in [0.1, 0.15) is 18.4 Å². The predicted molar refractivity (Wildman–Crippen MR) is 122 cm³/mol. The van der Waals surface area contributed by atoms with Crippen molar-refractivity contribution in [3.63, 3.8) is 0 Å². The number of carbonyl (C=O) groups is 6.